The van der Waals surface area contributed by atoms with Crippen molar-refractivity contribution in [1.82, 2.24) is 5.32 Å². The van der Waals surface area contributed by atoms with Gasteiger partial charge in [0.05, 0.1) is 12.5 Å². The first kappa shape index (κ1) is 12.2. The highest BCUT2D eigenvalue weighted by molar-refractivity contribution is 5.85. The topological polar surface area (TPSA) is 92.4 Å². The summed E-state index contributed by atoms with van der Waals surface area (Å²) in [6.07, 6.45) is -0.360. The van der Waals surface area contributed by atoms with E-state index in [0.29, 0.717) is 6.54 Å². The minimum absolute atomic E-state index is 0.354. The summed E-state index contributed by atoms with van der Waals surface area (Å²) < 4.78 is 0. The minimum Gasteiger partial charge on any atom is -0.481 e. The molecule has 5 heteroatoms. The Morgan fingerprint density at radius 3 is 2.50 bits per heavy atom. The molecule has 1 atom stereocenters. The van der Waals surface area contributed by atoms with E-state index in [2.05, 4.69) is 5.32 Å². The number of benzene rings is 1. The summed E-state index contributed by atoms with van der Waals surface area (Å²) in [6, 6.07) is 8.33. The van der Waals surface area contributed by atoms with Gasteiger partial charge in [-0.1, -0.05) is 30.3 Å². The lowest BCUT2D eigenvalue weighted by molar-refractivity contribution is -0.139. The Labute approximate surface area is 93.3 Å². The van der Waals surface area contributed by atoms with Crippen molar-refractivity contribution in [3.63, 3.8) is 0 Å². The first-order valence-electron chi connectivity index (χ1n) is 4.88. The van der Waals surface area contributed by atoms with Crippen molar-refractivity contribution in [3.05, 3.63) is 35.9 Å². The van der Waals surface area contributed by atoms with Crippen LogP contribution in [-0.2, 0) is 16.1 Å². The number of nitrogens with one attached hydrogen (secondary N) is 1. The molecule has 1 rings (SSSR count). The molecule has 0 bridgehead atoms. The molecule has 1 aromatic carbocycles. The average Bonchev–Trinajstić information content (AvgIpc) is 2.26. The average molecular weight is 222 g/mol. The maximum absolute atomic E-state index is 11.4. The molecule has 0 fully saturated rings. The van der Waals surface area contributed by atoms with Crippen LogP contribution >= 0.6 is 0 Å². The highest BCUT2D eigenvalue weighted by Crippen LogP contribution is 1.97. The van der Waals surface area contributed by atoms with Crippen LogP contribution in [-0.4, -0.2) is 23.0 Å². The molecule has 4 N–H and O–H groups in total. The Morgan fingerprint density at radius 1 is 1.31 bits per heavy atom. The van der Waals surface area contributed by atoms with Gasteiger partial charge in [-0.2, -0.15) is 0 Å². The van der Waals surface area contributed by atoms with E-state index in [1.54, 1.807) is 0 Å². The number of rotatable bonds is 5. The number of hydrogen-bond donors (Lipinski definition) is 3. The molecule has 1 unspecified atom stereocenters. The van der Waals surface area contributed by atoms with Gasteiger partial charge in [0, 0.05) is 6.54 Å². The number of carbonyl (C=O) groups excluding carboxylic acids is 1. The third kappa shape index (κ3) is 4.10. The van der Waals surface area contributed by atoms with E-state index in [4.69, 9.17) is 10.8 Å². The Balaban J connectivity index is 2.38. The SMILES string of the molecule is NC(CC(=O)O)C(=O)NCc1ccccc1. The lowest BCUT2D eigenvalue weighted by Crippen LogP contribution is -2.41. The third-order valence-electron chi connectivity index (χ3n) is 2.04. The summed E-state index contributed by atoms with van der Waals surface area (Å²) >= 11 is 0. The zero-order chi connectivity index (χ0) is 12.0. The van der Waals surface area contributed by atoms with Crippen molar-refractivity contribution in [2.24, 2.45) is 5.73 Å². The van der Waals surface area contributed by atoms with Crippen molar-refractivity contribution in [2.45, 2.75) is 19.0 Å². The van der Waals surface area contributed by atoms with Gasteiger partial charge in [-0.3, -0.25) is 9.59 Å². The fourth-order valence-electron chi connectivity index (χ4n) is 1.20. The van der Waals surface area contributed by atoms with E-state index in [9.17, 15) is 9.59 Å². The predicted octanol–water partition coefficient (Wildman–Crippen LogP) is 0.105. The molecule has 0 saturated carbocycles. The Morgan fingerprint density at radius 2 is 1.94 bits per heavy atom. The van der Waals surface area contributed by atoms with Crippen molar-refractivity contribution >= 4 is 11.9 Å². The Bertz CT molecular complexity index is 365. The van der Waals surface area contributed by atoms with Crippen LogP contribution in [0, 0.1) is 0 Å². The van der Waals surface area contributed by atoms with Gasteiger partial charge < -0.3 is 16.2 Å². The summed E-state index contributed by atoms with van der Waals surface area (Å²) in [5.74, 6) is -1.53. The van der Waals surface area contributed by atoms with Gasteiger partial charge in [-0.25, -0.2) is 0 Å². The Kier molecular flexibility index (Phi) is 4.47. The minimum atomic E-state index is -1.08. The van der Waals surface area contributed by atoms with Gasteiger partial charge in [0.25, 0.3) is 0 Å². The lowest BCUT2D eigenvalue weighted by atomic mass is 10.2. The van der Waals surface area contributed by atoms with E-state index >= 15 is 0 Å². The van der Waals surface area contributed by atoms with E-state index in [-0.39, 0.29) is 6.42 Å². The van der Waals surface area contributed by atoms with Crippen LogP contribution < -0.4 is 11.1 Å². The largest absolute Gasteiger partial charge is 0.481 e. The molecule has 0 saturated heterocycles. The number of nitrogens with two attached hydrogens (primary N) is 1. The summed E-state index contributed by atoms with van der Waals surface area (Å²) in [5, 5.41) is 11.0. The van der Waals surface area contributed by atoms with Crippen LogP contribution in [0.25, 0.3) is 0 Å². The van der Waals surface area contributed by atoms with E-state index in [1.807, 2.05) is 30.3 Å². The van der Waals surface area contributed by atoms with Crippen molar-refractivity contribution < 1.29 is 14.7 Å². The number of aliphatic carboxylic acids is 1. The van der Waals surface area contributed by atoms with Gasteiger partial charge in [0.1, 0.15) is 0 Å². The molecule has 0 aliphatic heterocycles. The third-order valence-corrected chi connectivity index (χ3v) is 2.04. The first-order chi connectivity index (χ1) is 7.59. The lowest BCUT2D eigenvalue weighted by Gasteiger charge is -2.09. The molecule has 0 aliphatic rings. The smallest absolute Gasteiger partial charge is 0.305 e. The highest BCUT2D eigenvalue weighted by Gasteiger charge is 2.16. The molecule has 1 amide bonds. The van der Waals surface area contributed by atoms with Gasteiger partial charge >= 0.3 is 5.97 Å². The molecule has 86 valence electrons. The van der Waals surface area contributed by atoms with E-state index in [0.717, 1.165) is 5.56 Å². The van der Waals surface area contributed by atoms with Crippen molar-refractivity contribution in [1.29, 1.82) is 0 Å². The molecule has 0 radical (unpaired) electrons. The standard InChI is InChI=1S/C11H14N2O3/c12-9(6-10(14)15)11(16)13-7-8-4-2-1-3-5-8/h1-5,9H,6-7,12H2,(H,13,16)(H,14,15). The quantitative estimate of drug-likeness (QED) is 0.659. The van der Waals surface area contributed by atoms with Crippen molar-refractivity contribution in [2.75, 3.05) is 0 Å². The van der Waals surface area contributed by atoms with E-state index in [1.165, 1.54) is 0 Å². The summed E-state index contributed by atoms with van der Waals surface area (Å²) in [6.45, 7) is 0.354. The number of carbonyl (C=O) groups is 2. The molecule has 0 heterocycles. The number of hydrogen-bond acceptors (Lipinski definition) is 3. The summed E-state index contributed by atoms with van der Waals surface area (Å²) in [5.41, 5.74) is 6.33. The molecular formula is C11H14N2O3. The molecule has 1 aromatic rings. The van der Waals surface area contributed by atoms with Gasteiger partial charge in [-0.05, 0) is 5.56 Å². The maximum atomic E-state index is 11.4. The molecule has 16 heavy (non-hydrogen) atoms. The van der Waals surface area contributed by atoms with Crippen LogP contribution in [0.2, 0.25) is 0 Å². The molecular weight excluding hydrogens is 208 g/mol. The molecule has 0 spiro atoms. The second kappa shape index (κ2) is 5.87. The maximum Gasteiger partial charge on any atom is 0.305 e. The van der Waals surface area contributed by atoms with Crippen LogP contribution in [0.1, 0.15) is 12.0 Å². The molecule has 0 aromatic heterocycles. The summed E-state index contributed by atoms with van der Waals surface area (Å²) in [4.78, 5) is 21.7. The van der Waals surface area contributed by atoms with Crippen molar-refractivity contribution in [3.8, 4) is 0 Å². The van der Waals surface area contributed by atoms with Gasteiger partial charge in [0.15, 0.2) is 0 Å². The number of carboxylic acids is 1. The number of carboxylic acid groups (broad SMARTS) is 1. The molecule has 5 nitrogen and oxygen atoms in total. The van der Waals surface area contributed by atoms with Crippen LogP contribution in [0.15, 0.2) is 30.3 Å². The second-order valence-electron chi connectivity index (χ2n) is 3.41. The highest BCUT2D eigenvalue weighted by atomic mass is 16.4. The zero-order valence-corrected chi connectivity index (χ0v) is 8.72. The van der Waals surface area contributed by atoms with Gasteiger partial charge in [0.2, 0.25) is 5.91 Å². The van der Waals surface area contributed by atoms with Gasteiger partial charge in [-0.15, -0.1) is 0 Å². The van der Waals surface area contributed by atoms with Crippen LogP contribution in [0.4, 0.5) is 0 Å². The zero-order valence-electron chi connectivity index (χ0n) is 8.72. The normalized spacial score (nSPS) is 11.8. The van der Waals surface area contributed by atoms with Crippen LogP contribution in [0.5, 0.6) is 0 Å². The van der Waals surface area contributed by atoms with E-state index < -0.39 is 17.9 Å². The molecule has 0 aliphatic carbocycles. The van der Waals surface area contributed by atoms with Crippen LogP contribution in [0.3, 0.4) is 0 Å². The Hall–Kier alpha value is -1.88. The fourth-order valence-corrected chi connectivity index (χ4v) is 1.20. The number of amides is 1. The fraction of sp³-hybridized carbons (Fsp3) is 0.273. The predicted molar refractivity (Wildman–Crippen MR) is 58.5 cm³/mol. The second-order valence-corrected chi connectivity index (χ2v) is 3.41. The monoisotopic (exact) mass is 222 g/mol. The first-order valence-corrected chi connectivity index (χ1v) is 4.88. The summed E-state index contributed by atoms with van der Waals surface area (Å²) in [7, 11) is 0.